The van der Waals surface area contributed by atoms with Crippen LogP contribution >= 0.6 is 0 Å². The van der Waals surface area contributed by atoms with Crippen molar-refractivity contribution in [2.45, 2.75) is 19.9 Å². The van der Waals surface area contributed by atoms with Crippen molar-refractivity contribution in [1.29, 1.82) is 0 Å². The van der Waals surface area contributed by atoms with E-state index in [-0.39, 0.29) is 18.2 Å². The van der Waals surface area contributed by atoms with Gasteiger partial charge in [0, 0.05) is 32.0 Å². The Morgan fingerprint density at radius 1 is 1.30 bits per heavy atom. The maximum Gasteiger partial charge on any atom is 0.226 e. The zero-order chi connectivity index (χ0) is 15.0. The molecular weight excluding hydrogens is 254 g/mol. The van der Waals surface area contributed by atoms with E-state index in [0.717, 1.165) is 5.56 Å². The second-order valence-electron chi connectivity index (χ2n) is 4.92. The summed E-state index contributed by atoms with van der Waals surface area (Å²) >= 11 is 0. The number of hydrogen-bond acceptors (Lipinski definition) is 3. The minimum atomic E-state index is -0.392. The van der Waals surface area contributed by atoms with Crippen molar-refractivity contribution in [3.8, 4) is 0 Å². The number of nitrogens with zero attached hydrogens (tertiary/aromatic N) is 1. The summed E-state index contributed by atoms with van der Waals surface area (Å²) in [6.45, 7) is 3.35. The van der Waals surface area contributed by atoms with Gasteiger partial charge in [0.25, 0.3) is 0 Å². The first-order chi connectivity index (χ1) is 9.54. The van der Waals surface area contributed by atoms with E-state index in [1.54, 1.807) is 4.90 Å². The van der Waals surface area contributed by atoms with Gasteiger partial charge in [-0.2, -0.15) is 0 Å². The summed E-state index contributed by atoms with van der Waals surface area (Å²) in [6.07, 6.45) is 0.185. The Morgan fingerprint density at radius 3 is 2.50 bits per heavy atom. The standard InChI is InChI=1S/C15H23N3O2/c1-12(10-17-2)15(20)18(9-8-14(16)19)11-13-6-4-3-5-7-13/h3-7,12,17H,8-11H2,1-2H3,(H2,16,19). The molecule has 0 aromatic heterocycles. The van der Waals surface area contributed by atoms with Crippen LogP contribution < -0.4 is 11.1 Å². The molecule has 1 aromatic rings. The maximum atomic E-state index is 12.4. The Balaban J connectivity index is 2.73. The number of nitrogens with two attached hydrogens (primary N) is 1. The van der Waals surface area contributed by atoms with Gasteiger partial charge < -0.3 is 16.0 Å². The number of nitrogens with one attached hydrogen (secondary N) is 1. The number of carbonyl (C=O) groups is 2. The molecule has 5 heteroatoms. The van der Waals surface area contributed by atoms with Gasteiger partial charge in [-0.15, -0.1) is 0 Å². The summed E-state index contributed by atoms with van der Waals surface area (Å²) in [5.41, 5.74) is 6.22. The van der Waals surface area contributed by atoms with Crippen LogP contribution in [0.3, 0.4) is 0 Å². The molecule has 0 heterocycles. The second-order valence-corrected chi connectivity index (χ2v) is 4.92. The van der Waals surface area contributed by atoms with Crippen molar-refractivity contribution < 1.29 is 9.59 Å². The highest BCUT2D eigenvalue weighted by Crippen LogP contribution is 2.09. The van der Waals surface area contributed by atoms with Crippen molar-refractivity contribution in [3.63, 3.8) is 0 Å². The summed E-state index contributed by atoms with van der Waals surface area (Å²) in [4.78, 5) is 25.0. The largest absolute Gasteiger partial charge is 0.370 e. The topological polar surface area (TPSA) is 75.4 Å². The third-order valence-electron chi connectivity index (χ3n) is 3.09. The van der Waals surface area contributed by atoms with Gasteiger partial charge in [0.05, 0.1) is 0 Å². The van der Waals surface area contributed by atoms with Crippen molar-refractivity contribution in [3.05, 3.63) is 35.9 Å². The zero-order valence-corrected chi connectivity index (χ0v) is 12.1. The van der Waals surface area contributed by atoms with Gasteiger partial charge in [0.1, 0.15) is 0 Å². The van der Waals surface area contributed by atoms with Crippen molar-refractivity contribution >= 4 is 11.8 Å². The summed E-state index contributed by atoms with van der Waals surface area (Å²) in [6, 6.07) is 9.73. The van der Waals surface area contributed by atoms with E-state index in [1.807, 2.05) is 44.3 Å². The molecule has 20 heavy (non-hydrogen) atoms. The van der Waals surface area contributed by atoms with Crippen LogP contribution in [0.4, 0.5) is 0 Å². The molecule has 0 saturated heterocycles. The average Bonchev–Trinajstić information content (AvgIpc) is 2.44. The van der Waals surface area contributed by atoms with Crippen LogP contribution in [0.25, 0.3) is 0 Å². The predicted octanol–water partition coefficient (Wildman–Crippen LogP) is 0.746. The third-order valence-corrected chi connectivity index (χ3v) is 3.09. The summed E-state index contributed by atoms with van der Waals surface area (Å²) in [7, 11) is 1.81. The molecule has 1 atom stereocenters. The van der Waals surface area contributed by atoms with Crippen molar-refractivity contribution in [2.75, 3.05) is 20.1 Å². The number of amides is 2. The lowest BCUT2D eigenvalue weighted by atomic mass is 10.1. The van der Waals surface area contributed by atoms with E-state index in [9.17, 15) is 9.59 Å². The molecule has 1 rings (SSSR count). The Kier molecular flexibility index (Phi) is 6.73. The zero-order valence-electron chi connectivity index (χ0n) is 12.1. The van der Waals surface area contributed by atoms with Gasteiger partial charge in [-0.05, 0) is 12.6 Å². The highest BCUT2D eigenvalue weighted by molar-refractivity contribution is 5.80. The van der Waals surface area contributed by atoms with Gasteiger partial charge in [0.15, 0.2) is 0 Å². The number of benzene rings is 1. The lowest BCUT2D eigenvalue weighted by Gasteiger charge is -2.25. The van der Waals surface area contributed by atoms with E-state index in [0.29, 0.717) is 19.6 Å². The first-order valence-corrected chi connectivity index (χ1v) is 6.80. The van der Waals surface area contributed by atoms with Gasteiger partial charge in [-0.25, -0.2) is 0 Å². The summed E-state index contributed by atoms with van der Waals surface area (Å²) in [5.74, 6) is -0.488. The van der Waals surface area contributed by atoms with Crippen LogP contribution in [0.5, 0.6) is 0 Å². The van der Waals surface area contributed by atoms with Crippen LogP contribution in [0.2, 0.25) is 0 Å². The first-order valence-electron chi connectivity index (χ1n) is 6.80. The molecule has 1 unspecified atom stereocenters. The van der Waals surface area contributed by atoms with Crippen molar-refractivity contribution in [2.24, 2.45) is 11.7 Å². The molecule has 0 saturated carbocycles. The van der Waals surface area contributed by atoms with Crippen LogP contribution in [0, 0.1) is 5.92 Å². The normalized spacial score (nSPS) is 11.9. The average molecular weight is 277 g/mol. The molecule has 1 aromatic carbocycles. The minimum absolute atomic E-state index is 0.0319. The van der Waals surface area contributed by atoms with E-state index >= 15 is 0 Å². The lowest BCUT2D eigenvalue weighted by Crippen LogP contribution is -2.39. The Bertz CT molecular complexity index is 434. The maximum absolute atomic E-state index is 12.4. The first kappa shape index (κ1) is 16.2. The fourth-order valence-electron chi connectivity index (χ4n) is 2.02. The fourth-order valence-corrected chi connectivity index (χ4v) is 2.02. The van der Waals surface area contributed by atoms with Gasteiger partial charge in [-0.3, -0.25) is 9.59 Å². The van der Waals surface area contributed by atoms with Crippen LogP contribution in [0.1, 0.15) is 18.9 Å². The van der Waals surface area contributed by atoms with E-state index in [1.165, 1.54) is 0 Å². The second kappa shape index (κ2) is 8.32. The molecule has 0 aliphatic carbocycles. The minimum Gasteiger partial charge on any atom is -0.370 e. The molecule has 2 amide bonds. The SMILES string of the molecule is CNCC(C)C(=O)N(CCC(N)=O)Cc1ccccc1. The highest BCUT2D eigenvalue weighted by atomic mass is 16.2. The molecule has 0 bridgehead atoms. The van der Waals surface area contributed by atoms with Crippen LogP contribution in [-0.2, 0) is 16.1 Å². The van der Waals surface area contributed by atoms with Gasteiger partial charge in [-0.1, -0.05) is 37.3 Å². The smallest absolute Gasteiger partial charge is 0.226 e. The monoisotopic (exact) mass is 277 g/mol. The summed E-state index contributed by atoms with van der Waals surface area (Å²) in [5, 5.41) is 2.99. The molecule has 0 radical (unpaired) electrons. The van der Waals surface area contributed by atoms with E-state index < -0.39 is 5.91 Å². The molecule has 5 nitrogen and oxygen atoms in total. The summed E-state index contributed by atoms with van der Waals surface area (Å²) < 4.78 is 0. The molecule has 3 N–H and O–H groups in total. The Morgan fingerprint density at radius 2 is 1.95 bits per heavy atom. The van der Waals surface area contributed by atoms with E-state index in [4.69, 9.17) is 5.73 Å². The van der Waals surface area contributed by atoms with Crippen LogP contribution in [-0.4, -0.2) is 36.9 Å². The third kappa shape index (κ3) is 5.40. The molecule has 0 spiro atoms. The molecule has 0 aliphatic rings. The number of carbonyl (C=O) groups excluding carboxylic acids is 2. The van der Waals surface area contributed by atoms with Gasteiger partial charge in [0.2, 0.25) is 11.8 Å². The van der Waals surface area contributed by atoms with Gasteiger partial charge >= 0.3 is 0 Å². The predicted molar refractivity (Wildman–Crippen MR) is 78.8 cm³/mol. The van der Waals surface area contributed by atoms with Crippen LogP contribution in [0.15, 0.2) is 30.3 Å². The fraction of sp³-hybridized carbons (Fsp3) is 0.467. The van der Waals surface area contributed by atoms with E-state index in [2.05, 4.69) is 5.32 Å². The Hall–Kier alpha value is -1.88. The molecule has 0 aliphatic heterocycles. The highest BCUT2D eigenvalue weighted by Gasteiger charge is 2.20. The Labute approximate surface area is 120 Å². The molecular formula is C15H23N3O2. The molecule has 0 fully saturated rings. The van der Waals surface area contributed by atoms with Crippen molar-refractivity contribution in [1.82, 2.24) is 10.2 Å². The number of hydrogen-bond donors (Lipinski definition) is 2. The molecule has 110 valence electrons. The number of rotatable bonds is 8. The quantitative estimate of drug-likeness (QED) is 0.736. The number of primary amides is 1. The lowest BCUT2D eigenvalue weighted by molar-refractivity contribution is -0.135.